The summed E-state index contributed by atoms with van der Waals surface area (Å²) in [5.74, 6) is -2.41. The third kappa shape index (κ3) is 5.66. The van der Waals surface area contributed by atoms with E-state index in [9.17, 15) is 23.1 Å². The second-order valence-corrected chi connectivity index (χ2v) is 9.01. The van der Waals surface area contributed by atoms with Crippen molar-refractivity contribution in [3.05, 3.63) is 60.7 Å². The van der Waals surface area contributed by atoms with Gasteiger partial charge < -0.3 is 10.2 Å². The molecule has 0 saturated heterocycles. The summed E-state index contributed by atoms with van der Waals surface area (Å²) in [7, 11) is -4.30. The molecule has 0 saturated carbocycles. The first-order valence-corrected chi connectivity index (χ1v) is 11.1. The van der Waals surface area contributed by atoms with Crippen molar-refractivity contribution in [3.8, 4) is 0 Å². The Morgan fingerprint density at radius 1 is 0.903 bits per heavy atom. The molecular weight excluding hydrogens is 444 g/mol. The maximum absolute atomic E-state index is 11.4. The Kier molecular flexibility index (Phi) is 6.68. The molecule has 3 aromatic carbocycles. The summed E-state index contributed by atoms with van der Waals surface area (Å²) in [6, 6.07) is 15.6. The van der Waals surface area contributed by atoms with Gasteiger partial charge in [0.25, 0.3) is 10.1 Å². The van der Waals surface area contributed by atoms with E-state index in [4.69, 9.17) is 9.66 Å². The Balaban J connectivity index is 1.93. The van der Waals surface area contributed by atoms with E-state index in [1.165, 1.54) is 24.3 Å². The number of azo groups is 1. The molecule has 9 nitrogen and oxygen atoms in total. The molecule has 31 heavy (non-hydrogen) atoms. The molecule has 0 aliphatic carbocycles. The van der Waals surface area contributed by atoms with Crippen LogP contribution in [0.2, 0.25) is 0 Å². The van der Waals surface area contributed by atoms with Crippen LogP contribution in [0.15, 0.2) is 80.7 Å². The fraction of sp³-hybridized carbons (Fsp3) is 0.100. The number of carbonyl (C=O) groups is 2. The number of benzene rings is 3. The van der Waals surface area contributed by atoms with E-state index in [1.54, 1.807) is 36.4 Å². The number of nitrogens with zero attached hydrogens (tertiary/aromatic N) is 2. The summed E-state index contributed by atoms with van der Waals surface area (Å²) in [5.41, 5.74) is 0.853. The van der Waals surface area contributed by atoms with E-state index < -0.39 is 33.7 Å². The van der Waals surface area contributed by atoms with Crippen molar-refractivity contribution in [1.82, 2.24) is 0 Å². The van der Waals surface area contributed by atoms with Crippen molar-refractivity contribution >= 4 is 56.0 Å². The lowest BCUT2D eigenvalue weighted by molar-refractivity contribution is -0.142. The number of hydrogen-bond donors (Lipinski definition) is 3. The van der Waals surface area contributed by atoms with Gasteiger partial charge in [-0.05, 0) is 41.8 Å². The zero-order valence-corrected chi connectivity index (χ0v) is 17.4. The van der Waals surface area contributed by atoms with Gasteiger partial charge in [0, 0.05) is 10.3 Å². The van der Waals surface area contributed by atoms with Crippen LogP contribution in [-0.4, -0.2) is 40.4 Å². The Morgan fingerprint density at radius 2 is 1.55 bits per heavy atom. The highest BCUT2D eigenvalue weighted by atomic mass is 32.2. The van der Waals surface area contributed by atoms with Crippen LogP contribution < -0.4 is 0 Å². The molecule has 1 unspecified atom stereocenters. The average molecular weight is 460 g/mol. The summed E-state index contributed by atoms with van der Waals surface area (Å²) in [6.45, 7) is 0. The third-order valence-corrected chi connectivity index (χ3v) is 6.30. The van der Waals surface area contributed by atoms with Crippen molar-refractivity contribution in [2.45, 2.75) is 21.5 Å². The molecule has 0 bridgehead atoms. The molecule has 0 radical (unpaired) electrons. The third-order valence-electron chi connectivity index (χ3n) is 4.17. The number of carboxylic acid groups (broad SMARTS) is 2. The van der Waals surface area contributed by atoms with Crippen molar-refractivity contribution in [3.63, 3.8) is 0 Å². The van der Waals surface area contributed by atoms with Crippen LogP contribution in [0.5, 0.6) is 0 Å². The Morgan fingerprint density at radius 3 is 2.13 bits per heavy atom. The van der Waals surface area contributed by atoms with E-state index in [0.29, 0.717) is 27.0 Å². The van der Waals surface area contributed by atoms with Crippen LogP contribution in [0.1, 0.15) is 6.42 Å². The van der Waals surface area contributed by atoms with Crippen LogP contribution in [0, 0.1) is 0 Å². The lowest BCUT2D eigenvalue weighted by Gasteiger charge is -2.12. The minimum Gasteiger partial charge on any atom is -0.481 e. The molecule has 160 valence electrons. The van der Waals surface area contributed by atoms with Gasteiger partial charge in [0.2, 0.25) is 0 Å². The molecule has 0 fully saturated rings. The monoisotopic (exact) mass is 460 g/mol. The molecule has 0 spiro atoms. The lowest BCUT2D eigenvalue weighted by Crippen LogP contribution is -2.20. The van der Waals surface area contributed by atoms with Crippen LogP contribution in [0.3, 0.4) is 0 Å². The number of thioether (sulfide) groups is 1. The van der Waals surface area contributed by atoms with Gasteiger partial charge in [-0.2, -0.15) is 13.5 Å². The van der Waals surface area contributed by atoms with Gasteiger partial charge >= 0.3 is 11.9 Å². The van der Waals surface area contributed by atoms with Crippen molar-refractivity contribution < 1.29 is 32.8 Å². The Hall–Kier alpha value is -3.28. The zero-order chi connectivity index (χ0) is 22.6. The first-order chi connectivity index (χ1) is 14.6. The van der Waals surface area contributed by atoms with Gasteiger partial charge in [-0.3, -0.25) is 14.1 Å². The van der Waals surface area contributed by atoms with Gasteiger partial charge in [0.15, 0.2) is 0 Å². The van der Waals surface area contributed by atoms with Crippen LogP contribution >= 0.6 is 11.8 Å². The zero-order valence-electron chi connectivity index (χ0n) is 15.7. The van der Waals surface area contributed by atoms with Gasteiger partial charge in [-0.1, -0.05) is 24.3 Å². The summed E-state index contributed by atoms with van der Waals surface area (Å²) < 4.78 is 31.2. The lowest BCUT2D eigenvalue weighted by atomic mass is 10.1. The minimum atomic E-state index is -4.30. The highest BCUT2D eigenvalue weighted by Crippen LogP contribution is 2.37. The molecule has 11 heteroatoms. The SMILES string of the molecule is O=C(O)CC(Sc1ccc(N=Nc2ccc(S(=O)(=O)O)cc2)c2ccccc12)C(=O)O. The van der Waals surface area contributed by atoms with E-state index in [-0.39, 0.29) is 4.90 Å². The first-order valence-electron chi connectivity index (χ1n) is 8.77. The highest BCUT2D eigenvalue weighted by molar-refractivity contribution is 8.00. The quantitative estimate of drug-likeness (QED) is 0.252. The number of fused-ring (bicyclic) bond motifs is 1. The molecule has 0 aliphatic rings. The summed E-state index contributed by atoms with van der Waals surface area (Å²) >= 11 is 0.948. The molecule has 3 rings (SSSR count). The number of rotatable bonds is 8. The largest absolute Gasteiger partial charge is 0.481 e. The normalized spacial score (nSPS) is 12.8. The van der Waals surface area contributed by atoms with Gasteiger partial charge in [-0.25, -0.2) is 0 Å². The van der Waals surface area contributed by atoms with E-state index in [2.05, 4.69) is 10.2 Å². The topological polar surface area (TPSA) is 154 Å². The standard InChI is InChI=1S/C20H16N2O7S2/c23-19(24)11-18(20(25)26)30-17-10-9-16(14-3-1-2-4-15(14)17)22-21-12-5-7-13(8-6-12)31(27,28)29/h1-10,18H,11H2,(H,23,24)(H,25,26)(H,27,28,29). The summed E-state index contributed by atoms with van der Waals surface area (Å²) in [4.78, 5) is 22.7. The van der Waals surface area contributed by atoms with Crippen LogP contribution in [-0.2, 0) is 19.7 Å². The fourth-order valence-corrected chi connectivity index (χ4v) is 4.30. The molecule has 0 amide bonds. The van der Waals surface area contributed by atoms with Gasteiger partial charge in [0.1, 0.15) is 5.25 Å². The Labute approximate surface area is 181 Å². The molecular formula is C20H16N2O7S2. The second-order valence-electron chi connectivity index (χ2n) is 6.34. The van der Waals surface area contributed by atoms with Crippen LogP contribution in [0.25, 0.3) is 10.8 Å². The molecule has 0 aliphatic heterocycles. The Bertz CT molecular complexity index is 1270. The number of hydrogen-bond acceptors (Lipinski definition) is 7. The van der Waals surface area contributed by atoms with Crippen molar-refractivity contribution in [2.75, 3.05) is 0 Å². The first kappa shape index (κ1) is 22.4. The molecule has 1 atom stereocenters. The summed E-state index contributed by atoms with van der Waals surface area (Å²) in [5, 5.41) is 26.8. The van der Waals surface area contributed by atoms with Crippen molar-refractivity contribution in [1.29, 1.82) is 0 Å². The number of carboxylic acids is 2. The molecule has 3 N–H and O–H groups in total. The number of aliphatic carboxylic acids is 2. The molecule has 0 heterocycles. The average Bonchev–Trinajstić information content (AvgIpc) is 2.72. The van der Waals surface area contributed by atoms with Crippen molar-refractivity contribution in [2.24, 2.45) is 10.2 Å². The van der Waals surface area contributed by atoms with E-state index in [0.717, 1.165) is 11.8 Å². The van der Waals surface area contributed by atoms with E-state index >= 15 is 0 Å². The predicted octanol–water partition coefficient (Wildman–Crippen LogP) is 4.52. The van der Waals surface area contributed by atoms with Gasteiger partial charge in [-0.15, -0.1) is 16.9 Å². The smallest absolute Gasteiger partial charge is 0.317 e. The van der Waals surface area contributed by atoms with Gasteiger partial charge in [0.05, 0.1) is 22.7 Å². The maximum atomic E-state index is 11.4. The van der Waals surface area contributed by atoms with Crippen LogP contribution in [0.4, 0.5) is 11.4 Å². The highest BCUT2D eigenvalue weighted by Gasteiger charge is 2.23. The molecule has 0 aromatic heterocycles. The van der Waals surface area contributed by atoms with E-state index in [1.807, 2.05) is 0 Å². The second kappa shape index (κ2) is 9.25. The summed E-state index contributed by atoms with van der Waals surface area (Å²) in [6.07, 6.45) is -0.519. The molecule has 3 aromatic rings. The predicted molar refractivity (Wildman–Crippen MR) is 114 cm³/mol. The minimum absolute atomic E-state index is 0.257. The maximum Gasteiger partial charge on any atom is 0.317 e. The fourth-order valence-electron chi connectivity index (χ4n) is 2.73.